The van der Waals surface area contributed by atoms with E-state index < -0.39 is 17.5 Å². The summed E-state index contributed by atoms with van der Waals surface area (Å²) in [7, 11) is 1.69. The first-order valence-electron chi connectivity index (χ1n) is 10.6. The fraction of sp³-hybridized carbons (Fsp3) is 0.200. The van der Waals surface area contributed by atoms with Gasteiger partial charge in [-0.15, -0.1) is 22.7 Å². The predicted octanol–water partition coefficient (Wildman–Crippen LogP) is 4.83. The summed E-state index contributed by atoms with van der Waals surface area (Å²) in [5.74, 6) is 5.64. The lowest BCUT2D eigenvalue weighted by Gasteiger charge is -2.07. The number of amides is 1. The van der Waals surface area contributed by atoms with Crippen LogP contribution in [0.25, 0.3) is 9.40 Å². The molecule has 0 radical (unpaired) electrons. The lowest BCUT2D eigenvalue weighted by atomic mass is 10.0. The SMILES string of the molecule is Cn1ncc(C#Cc2cc3c(C#N)c(C4(C(=O)O)CC4)sc3s2)c1NC(=O)OCc1ccccc1. The fourth-order valence-corrected chi connectivity index (χ4v) is 6.36. The van der Waals surface area contributed by atoms with E-state index in [0.717, 1.165) is 19.8 Å². The van der Waals surface area contributed by atoms with Crippen molar-refractivity contribution in [1.29, 1.82) is 5.26 Å². The van der Waals surface area contributed by atoms with E-state index in [0.29, 0.717) is 34.7 Å². The summed E-state index contributed by atoms with van der Waals surface area (Å²) < 4.78 is 7.66. The Hall–Kier alpha value is -4.12. The molecule has 2 N–H and O–H groups in total. The second-order valence-corrected chi connectivity index (χ2v) is 10.4. The van der Waals surface area contributed by atoms with E-state index in [2.05, 4.69) is 28.3 Å². The number of carbonyl (C=O) groups excluding carboxylic acids is 1. The molecule has 35 heavy (non-hydrogen) atoms. The van der Waals surface area contributed by atoms with E-state index >= 15 is 0 Å². The van der Waals surface area contributed by atoms with Gasteiger partial charge < -0.3 is 9.84 Å². The highest BCUT2D eigenvalue weighted by Gasteiger charge is 2.54. The first-order chi connectivity index (χ1) is 16.9. The molecule has 10 heteroatoms. The fourth-order valence-electron chi connectivity index (χ4n) is 3.73. The Morgan fingerprint density at radius 3 is 2.71 bits per heavy atom. The van der Waals surface area contributed by atoms with E-state index in [-0.39, 0.29) is 6.61 Å². The molecule has 4 aromatic rings. The molecule has 0 unspecified atom stereocenters. The van der Waals surface area contributed by atoms with Gasteiger partial charge in [-0.05, 0) is 24.5 Å². The van der Waals surface area contributed by atoms with E-state index in [1.54, 1.807) is 13.2 Å². The van der Waals surface area contributed by atoms with Crippen molar-refractivity contribution in [3.63, 3.8) is 0 Å². The monoisotopic (exact) mass is 502 g/mol. The highest BCUT2D eigenvalue weighted by atomic mass is 32.2. The van der Waals surface area contributed by atoms with Gasteiger partial charge in [0, 0.05) is 17.3 Å². The second kappa shape index (κ2) is 8.91. The zero-order chi connectivity index (χ0) is 24.6. The molecule has 1 saturated carbocycles. The molecule has 0 aliphatic heterocycles. The lowest BCUT2D eigenvalue weighted by molar-refractivity contribution is -0.139. The number of carboxylic acids is 1. The first kappa shape index (κ1) is 22.7. The van der Waals surface area contributed by atoms with Crippen LogP contribution in [0.4, 0.5) is 10.6 Å². The van der Waals surface area contributed by atoms with Crippen LogP contribution in [0.3, 0.4) is 0 Å². The van der Waals surface area contributed by atoms with Crippen molar-refractivity contribution in [3.05, 3.63) is 69.0 Å². The van der Waals surface area contributed by atoms with Gasteiger partial charge in [-0.2, -0.15) is 10.4 Å². The third kappa shape index (κ3) is 4.26. The van der Waals surface area contributed by atoms with Gasteiger partial charge in [0.2, 0.25) is 0 Å². The van der Waals surface area contributed by atoms with Crippen LogP contribution in [0.1, 0.15) is 39.3 Å². The van der Waals surface area contributed by atoms with Crippen molar-refractivity contribution in [2.45, 2.75) is 24.9 Å². The lowest BCUT2D eigenvalue weighted by Crippen LogP contribution is -2.19. The summed E-state index contributed by atoms with van der Waals surface area (Å²) in [4.78, 5) is 25.4. The molecule has 1 amide bonds. The first-order valence-corrected chi connectivity index (χ1v) is 12.3. The number of carbonyl (C=O) groups is 2. The normalized spacial score (nSPS) is 13.5. The smallest absolute Gasteiger partial charge is 0.413 e. The van der Waals surface area contributed by atoms with Gasteiger partial charge in [0.25, 0.3) is 0 Å². The summed E-state index contributed by atoms with van der Waals surface area (Å²) in [6.07, 6.45) is 2.05. The predicted molar refractivity (Wildman–Crippen MR) is 132 cm³/mol. The number of thiophene rings is 2. The van der Waals surface area contributed by atoms with Gasteiger partial charge in [-0.1, -0.05) is 42.2 Å². The third-order valence-electron chi connectivity index (χ3n) is 5.79. The van der Waals surface area contributed by atoms with Crippen LogP contribution in [0.5, 0.6) is 0 Å². The van der Waals surface area contributed by atoms with E-state index in [1.165, 1.54) is 27.4 Å². The van der Waals surface area contributed by atoms with Gasteiger partial charge in [-0.3, -0.25) is 14.8 Å². The summed E-state index contributed by atoms with van der Waals surface area (Å²) in [6.45, 7) is 0.143. The molecule has 5 rings (SSSR count). The molecule has 1 aliphatic carbocycles. The van der Waals surface area contributed by atoms with E-state index in [9.17, 15) is 20.0 Å². The molecule has 1 fully saturated rings. The number of ether oxygens (including phenoxy) is 1. The summed E-state index contributed by atoms with van der Waals surface area (Å²) in [6, 6.07) is 13.4. The van der Waals surface area contributed by atoms with E-state index in [4.69, 9.17) is 4.74 Å². The van der Waals surface area contributed by atoms with Gasteiger partial charge >= 0.3 is 12.1 Å². The third-order valence-corrected chi connectivity index (χ3v) is 8.34. The molecule has 0 atom stereocenters. The molecule has 3 heterocycles. The highest BCUT2D eigenvalue weighted by Crippen LogP contribution is 2.54. The molecule has 3 aromatic heterocycles. The summed E-state index contributed by atoms with van der Waals surface area (Å²) in [5.41, 5.74) is 0.913. The van der Waals surface area contributed by atoms with Crippen LogP contribution >= 0.6 is 22.7 Å². The molecule has 0 spiro atoms. The molecule has 8 nitrogen and oxygen atoms in total. The number of rotatable bonds is 5. The van der Waals surface area contributed by atoms with Crippen molar-refractivity contribution in [3.8, 4) is 17.9 Å². The maximum absolute atomic E-state index is 12.3. The standard InChI is InChI=1S/C25H18N4O4S2/c1-29-21(28-24(32)33-14-15-5-3-2-4-6-15)16(13-27-29)7-8-17-11-18-19(12-26)20(35-22(18)34-17)25(9-10-25)23(30)31/h2-6,11,13H,9-10,14H2,1H3,(H,28,32)(H,30,31). The van der Waals surface area contributed by atoms with Gasteiger partial charge in [-0.25, -0.2) is 4.79 Å². The van der Waals surface area contributed by atoms with Crippen LogP contribution < -0.4 is 5.32 Å². The highest BCUT2D eigenvalue weighted by molar-refractivity contribution is 7.38. The minimum absolute atomic E-state index is 0.143. The maximum Gasteiger partial charge on any atom is 0.413 e. The largest absolute Gasteiger partial charge is 0.481 e. The summed E-state index contributed by atoms with van der Waals surface area (Å²) in [5, 5.41) is 26.9. The average molecular weight is 503 g/mol. The van der Waals surface area contributed by atoms with Gasteiger partial charge in [0.15, 0.2) is 0 Å². The molecular weight excluding hydrogens is 484 g/mol. The topological polar surface area (TPSA) is 117 Å². The quantitative estimate of drug-likeness (QED) is 0.378. The van der Waals surface area contributed by atoms with Crippen molar-refractivity contribution in [1.82, 2.24) is 9.78 Å². The number of aliphatic carboxylic acids is 1. The average Bonchev–Trinajstić information content (AvgIpc) is 3.32. The van der Waals surface area contributed by atoms with Crippen molar-refractivity contribution in [2.75, 3.05) is 5.32 Å². The zero-order valence-electron chi connectivity index (χ0n) is 18.5. The van der Waals surface area contributed by atoms with Crippen LogP contribution in [0, 0.1) is 23.2 Å². The molecule has 1 aliphatic rings. The molecule has 0 bridgehead atoms. The Balaban J connectivity index is 1.35. The Bertz CT molecular complexity index is 1560. The Labute approximate surface area is 208 Å². The second-order valence-electron chi connectivity index (χ2n) is 8.08. The number of aryl methyl sites for hydroxylation is 1. The van der Waals surface area contributed by atoms with Crippen molar-refractivity contribution >= 4 is 50.0 Å². The number of carboxylic acid groups (broad SMARTS) is 1. The number of nitrogens with one attached hydrogen (secondary N) is 1. The zero-order valence-corrected chi connectivity index (χ0v) is 20.1. The van der Waals surface area contributed by atoms with Gasteiger partial charge in [0.1, 0.15) is 23.9 Å². The Morgan fingerprint density at radius 1 is 1.26 bits per heavy atom. The number of benzene rings is 1. The number of hydrogen-bond donors (Lipinski definition) is 2. The molecule has 0 saturated heterocycles. The summed E-state index contributed by atoms with van der Waals surface area (Å²) >= 11 is 2.78. The Kier molecular flexibility index (Phi) is 5.77. The van der Waals surface area contributed by atoms with Crippen LogP contribution in [0.15, 0.2) is 42.6 Å². The van der Waals surface area contributed by atoms with Crippen molar-refractivity contribution in [2.24, 2.45) is 7.05 Å². The van der Waals surface area contributed by atoms with Crippen LogP contribution in [-0.4, -0.2) is 26.9 Å². The minimum Gasteiger partial charge on any atom is -0.481 e. The minimum atomic E-state index is -0.911. The number of fused-ring (bicyclic) bond motifs is 1. The molecular formula is C25H18N4O4S2. The number of nitrogens with zero attached hydrogens (tertiary/aromatic N) is 3. The number of aromatic nitrogens is 2. The number of nitriles is 1. The maximum atomic E-state index is 12.3. The number of hydrogen-bond acceptors (Lipinski definition) is 7. The van der Waals surface area contributed by atoms with E-state index in [1.807, 2.05) is 36.4 Å². The molecule has 174 valence electrons. The van der Waals surface area contributed by atoms with Crippen LogP contribution in [0.2, 0.25) is 0 Å². The Morgan fingerprint density at radius 2 is 2.03 bits per heavy atom. The van der Waals surface area contributed by atoms with Crippen molar-refractivity contribution < 1.29 is 19.4 Å². The van der Waals surface area contributed by atoms with Crippen LogP contribution in [-0.2, 0) is 28.6 Å². The molecule has 1 aromatic carbocycles. The number of anilines is 1. The van der Waals surface area contributed by atoms with Gasteiger partial charge in [0.05, 0.1) is 26.2 Å².